The Morgan fingerprint density at radius 2 is 1.88 bits per heavy atom. The van der Waals surface area contributed by atoms with Gasteiger partial charge in [0, 0.05) is 47.7 Å². The lowest BCUT2D eigenvalue weighted by Gasteiger charge is -2.47. The average molecular weight is 326 g/mol. The van der Waals surface area contributed by atoms with Gasteiger partial charge in [-0.15, -0.1) is 0 Å². The molecule has 0 aliphatic carbocycles. The van der Waals surface area contributed by atoms with Crippen molar-refractivity contribution in [1.29, 1.82) is 0 Å². The van der Waals surface area contributed by atoms with E-state index in [2.05, 4.69) is 9.88 Å². The molecule has 126 valence electrons. The molecule has 0 spiro atoms. The van der Waals surface area contributed by atoms with Gasteiger partial charge in [0.2, 0.25) is 5.91 Å². The zero-order chi connectivity index (χ0) is 16.7. The number of benzene rings is 1. The van der Waals surface area contributed by atoms with Gasteiger partial charge >= 0.3 is 0 Å². The van der Waals surface area contributed by atoms with Crippen LogP contribution in [-0.4, -0.2) is 58.8 Å². The summed E-state index contributed by atoms with van der Waals surface area (Å²) in [6, 6.07) is 8.17. The second-order valence-electron chi connectivity index (χ2n) is 6.86. The van der Waals surface area contributed by atoms with Gasteiger partial charge in [0.15, 0.2) is 0 Å². The average Bonchev–Trinajstić information content (AvgIpc) is 3.01. The van der Waals surface area contributed by atoms with Crippen molar-refractivity contribution >= 4 is 22.7 Å². The molecule has 2 aromatic rings. The Bertz CT molecular complexity index is 770. The Morgan fingerprint density at radius 1 is 1.12 bits per heavy atom. The maximum atomic E-state index is 12.6. The fourth-order valence-electron chi connectivity index (χ4n) is 3.77. The van der Waals surface area contributed by atoms with Crippen LogP contribution in [-0.2, 0) is 4.79 Å². The van der Waals surface area contributed by atoms with E-state index in [1.54, 1.807) is 0 Å². The summed E-state index contributed by atoms with van der Waals surface area (Å²) in [5.41, 5.74) is 7.17. The first kappa shape index (κ1) is 15.2. The van der Waals surface area contributed by atoms with Crippen molar-refractivity contribution < 1.29 is 9.59 Å². The number of aromatic amines is 1. The van der Waals surface area contributed by atoms with Gasteiger partial charge in [-0.05, 0) is 50.2 Å². The molecule has 0 saturated carbocycles. The number of likely N-dealkylation sites (tertiary alicyclic amines) is 2. The summed E-state index contributed by atoms with van der Waals surface area (Å²) in [6.07, 6.45) is 3.56. The maximum Gasteiger partial charge on any atom is 0.253 e. The van der Waals surface area contributed by atoms with E-state index >= 15 is 0 Å². The zero-order valence-corrected chi connectivity index (χ0v) is 13.6. The molecule has 0 unspecified atom stereocenters. The number of H-pyrrole nitrogens is 1. The number of rotatable bonds is 3. The summed E-state index contributed by atoms with van der Waals surface area (Å²) in [5.74, 6) is -0.0614. The van der Waals surface area contributed by atoms with Crippen molar-refractivity contribution in [2.75, 3.05) is 26.2 Å². The third-order valence-electron chi connectivity index (χ3n) is 5.40. The van der Waals surface area contributed by atoms with Crippen LogP contribution in [0.2, 0.25) is 0 Å². The molecular weight excluding hydrogens is 304 g/mol. The van der Waals surface area contributed by atoms with E-state index in [0.29, 0.717) is 6.04 Å². The van der Waals surface area contributed by atoms with Crippen molar-refractivity contribution in [2.24, 2.45) is 11.7 Å². The Kier molecular flexibility index (Phi) is 3.76. The van der Waals surface area contributed by atoms with E-state index in [9.17, 15) is 9.59 Å². The number of aromatic nitrogens is 1. The first-order chi connectivity index (χ1) is 11.6. The first-order valence-electron chi connectivity index (χ1n) is 8.51. The van der Waals surface area contributed by atoms with Crippen molar-refractivity contribution in [3.8, 4) is 0 Å². The maximum absolute atomic E-state index is 12.6. The largest absolute Gasteiger partial charge is 0.369 e. The van der Waals surface area contributed by atoms with Crippen molar-refractivity contribution in [2.45, 2.75) is 18.9 Å². The van der Waals surface area contributed by atoms with Gasteiger partial charge < -0.3 is 15.6 Å². The molecule has 6 nitrogen and oxygen atoms in total. The van der Waals surface area contributed by atoms with Crippen LogP contribution in [0.1, 0.15) is 23.2 Å². The number of nitrogens with one attached hydrogen (secondary N) is 1. The smallest absolute Gasteiger partial charge is 0.253 e. The highest BCUT2D eigenvalue weighted by molar-refractivity contribution is 5.98. The lowest BCUT2D eigenvalue weighted by molar-refractivity contribution is -0.123. The molecule has 0 atom stereocenters. The predicted octanol–water partition coefficient (Wildman–Crippen LogP) is 1.19. The monoisotopic (exact) mass is 326 g/mol. The van der Waals surface area contributed by atoms with Crippen molar-refractivity contribution in [3.05, 3.63) is 36.0 Å². The van der Waals surface area contributed by atoms with Crippen LogP contribution < -0.4 is 5.73 Å². The van der Waals surface area contributed by atoms with Crippen LogP contribution in [0.3, 0.4) is 0 Å². The number of primary amides is 1. The normalized spacial score (nSPS) is 20.2. The van der Waals surface area contributed by atoms with Crippen LogP contribution in [0, 0.1) is 5.92 Å². The topological polar surface area (TPSA) is 82.4 Å². The third-order valence-corrected chi connectivity index (χ3v) is 5.40. The highest BCUT2D eigenvalue weighted by Crippen LogP contribution is 2.25. The molecule has 6 heteroatoms. The van der Waals surface area contributed by atoms with E-state index in [1.165, 1.54) is 0 Å². The molecular formula is C18H22N4O2. The summed E-state index contributed by atoms with van der Waals surface area (Å²) in [4.78, 5) is 31.3. The molecule has 24 heavy (non-hydrogen) atoms. The number of nitrogens with two attached hydrogens (primary N) is 1. The van der Waals surface area contributed by atoms with Crippen molar-refractivity contribution in [3.63, 3.8) is 0 Å². The standard InChI is InChI=1S/C18H22N4O2/c19-17(23)12-4-7-21(8-5-12)15-10-22(11-15)18(24)14-1-2-16-13(9-14)3-6-20-16/h1-3,6,9,12,15,20H,4-5,7-8,10-11H2,(H2,19,23). The van der Waals surface area contributed by atoms with Gasteiger partial charge in [-0.25, -0.2) is 0 Å². The van der Waals surface area contributed by atoms with Crippen LogP contribution in [0.5, 0.6) is 0 Å². The van der Waals surface area contributed by atoms with Gasteiger partial charge in [0.25, 0.3) is 5.91 Å². The zero-order valence-electron chi connectivity index (χ0n) is 13.6. The van der Waals surface area contributed by atoms with E-state index in [0.717, 1.165) is 55.5 Å². The second kappa shape index (κ2) is 5.94. The van der Waals surface area contributed by atoms with Crippen LogP contribution >= 0.6 is 0 Å². The van der Waals surface area contributed by atoms with Crippen molar-refractivity contribution in [1.82, 2.24) is 14.8 Å². The third kappa shape index (κ3) is 2.67. The number of hydrogen-bond donors (Lipinski definition) is 2. The Balaban J connectivity index is 1.34. The Labute approximate surface area is 140 Å². The van der Waals surface area contributed by atoms with Gasteiger partial charge in [-0.2, -0.15) is 0 Å². The number of amides is 2. The minimum atomic E-state index is -0.180. The number of nitrogens with zero attached hydrogens (tertiary/aromatic N) is 2. The summed E-state index contributed by atoms with van der Waals surface area (Å²) >= 11 is 0. The van der Waals surface area contributed by atoms with Crippen LogP contribution in [0.15, 0.2) is 30.5 Å². The molecule has 2 amide bonds. The van der Waals surface area contributed by atoms with E-state index in [-0.39, 0.29) is 17.7 Å². The summed E-state index contributed by atoms with van der Waals surface area (Å²) in [6.45, 7) is 3.34. The Hall–Kier alpha value is -2.34. The summed E-state index contributed by atoms with van der Waals surface area (Å²) in [7, 11) is 0. The number of carbonyl (C=O) groups is 2. The number of piperidine rings is 1. The summed E-state index contributed by atoms with van der Waals surface area (Å²) < 4.78 is 0. The minimum Gasteiger partial charge on any atom is -0.369 e. The van der Waals surface area contributed by atoms with Crippen LogP contribution in [0.4, 0.5) is 0 Å². The minimum absolute atomic E-state index is 0.0205. The lowest BCUT2D eigenvalue weighted by atomic mass is 9.93. The molecule has 1 aromatic heterocycles. The highest BCUT2D eigenvalue weighted by Gasteiger charge is 2.37. The fourth-order valence-corrected chi connectivity index (χ4v) is 3.77. The number of carbonyl (C=O) groups excluding carboxylic acids is 2. The predicted molar refractivity (Wildman–Crippen MR) is 91.5 cm³/mol. The van der Waals surface area contributed by atoms with Crippen LogP contribution in [0.25, 0.3) is 10.9 Å². The molecule has 2 aliphatic heterocycles. The molecule has 1 aromatic carbocycles. The molecule has 0 bridgehead atoms. The quantitative estimate of drug-likeness (QED) is 0.889. The van der Waals surface area contributed by atoms with E-state index in [4.69, 9.17) is 5.73 Å². The van der Waals surface area contributed by atoms with E-state index in [1.807, 2.05) is 35.4 Å². The molecule has 3 N–H and O–H groups in total. The second-order valence-corrected chi connectivity index (χ2v) is 6.86. The molecule has 0 radical (unpaired) electrons. The number of fused-ring (bicyclic) bond motifs is 1. The molecule has 2 aliphatic rings. The van der Waals surface area contributed by atoms with Gasteiger partial charge in [-0.3, -0.25) is 14.5 Å². The highest BCUT2D eigenvalue weighted by atomic mass is 16.2. The fraction of sp³-hybridized carbons (Fsp3) is 0.444. The SMILES string of the molecule is NC(=O)C1CCN(C2CN(C(=O)c3ccc4[nH]ccc4c3)C2)CC1. The molecule has 2 fully saturated rings. The van der Waals surface area contributed by atoms with E-state index < -0.39 is 0 Å². The van der Waals surface area contributed by atoms with Gasteiger partial charge in [0.05, 0.1) is 0 Å². The summed E-state index contributed by atoms with van der Waals surface area (Å²) in [5, 5.41) is 1.06. The molecule has 3 heterocycles. The number of hydrogen-bond acceptors (Lipinski definition) is 3. The van der Waals surface area contributed by atoms with Gasteiger partial charge in [0.1, 0.15) is 0 Å². The molecule has 2 saturated heterocycles. The first-order valence-corrected chi connectivity index (χ1v) is 8.51. The Morgan fingerprint density at radius 3 is 2.58 bits per heavy atom. The molecule has 4 rings (SSSR count). The lowest BCUT2D eigenvalue weighted by Crippen LogP contribution is -2.62. The van der Waals surface area contributed by atoms with Gasteiger partial charge in [-0.1, -0.05) is 0 Å².